The summed E-state index contributed by atoms with van der Waals surface area (Å²) in [6.07, 6.45) is 7.21. The van der Waals surface area contributed by atoms with Gasteiger partial charge in [0.05, 0.1) is 5.54 Å². The van der Waals surface area contributed by atoms with Crippen LogP contribution in [0.4, 0.5) is 0 Å². The van der Waals surface area contributed by atoms with E-state index in [1.165, 1.54) is 38.6 Å². The Balaban J connectivity index is 2.14. The van der Waals surface area contributed by atoms with Crippen molar-refractivity contribution in [1.29, 1.82) is 0 Å². The van der Waals surface area contributed by atoms with E-state index in [-0.39, 0.29) is 5.54 Å². The van der Waals surface area contributed by atoms with Gasteiger partial charge in [-0.3, -0.25) is 4.79 Å². The van der Waals surface area contributed by atoms with Crippen molar-refractivity contribution in [2.45, 2.75) is 37.6 Å². The Morgan fingerprint density at radius 1 is 1.14 bits per heavy atom. The first-order chi connectivity index (χ1) is 6.77. The van der Waals surface area contributed by atoms with Crippen molar-refractivity contribution in [1.82, 2.24) is 9.80 Å². The smallest absolute Gasteiger partial charge is 0.210 e. The minimum atomic E-state index is 0.188. The molecule has 0 N–H and O–H groups in total. The number of amides is 1. The van der Waals surface area contributed by atoms with Gasteiger partial charge in [0.1, 0.15) is 0 Å². The van der Waals surface area contributed by atoms with Crippen LogP contribution in [0.1, 0.15) is 32.1 Å². The van der Waals surface area contributed by atoms with E-state index in [4.69, 9.17) is 0 Å². The molecular formula is C11H20N2O. The molecular weight excluding hydrogens is 176 g/mol. The van der Waals surface area contributed by atoms with Crippen molar-refractivity contribution < 1.29 is 4.79 Å². The predicted octanol–water partition coefficient (Wildman–Crippen LogP) is 1.09. The van der Waals surface area contributed by atoms with E-state index in [1.807, 2.05) is 0 Å². The molecule has 14 heavy (non-hydrogen) atoms. The molecule has 2 aliphatic rings. The molecule has 0 aromatic rings. The Morgan fingerprint density at radius 3 is 2.71 bits per heavy atom. The van der Waals surface area contributed by atoms with E-state index < -0.39 is 0 Å². The van der Waals surface area contributed by atoms with Crippen LogP contribution in [0.2, 0.25) is 0 Å². The maximum Gasteiger partial charge on any atom is 0.210 e. The number of nitrogens with zero attached hydrogens (tertiary/aromatic N) is 2. The van der Waals surface area contributed by atoms with E-state index in [0.29, 0.717) is 0 Å². The number of hydrogen-bond acceptors (Lipinski definition) is 2. The molecule has 1 unspecified atom stereocenters. The number of carbonyl (C=O) groups excluding carboxylic acids is 1. The van der Waals surface area contributed by atoms with E-state index >= 15 is 0 Å². The van der Waals surface area contributed by atoms with E-state index in [9.17, 15) is 4.79 Å². The summed E-state index contributed by atoms with van der Waals surface area (Å²) >= 11 is 0. The first-order valence-corrected chi connectivity index (χ1v) is 5.67. The molecule has 3 heteroatoms. The standard InChI is InChI=1S/C11H20N2O/c1-12-7-3-2-5-11(9-12)6-4-8-13(11)10-14/h10H,2-9H2,1H3. The van der Waals surface area contributed by atoms with Crippen molar-refractivity contribution in [2.75, 3.05) is 26.7 Å². The zero-order chi connectivity index (χ0) is 10.0. The van der Waals surface area contributed by atoms with Crippen molar-refractivity contribution in [3.63, 3.8) is 0 Å². The quantitative estimate of drug-likeness (QED) is 0.586. The van der Waals surface area contributed by atoms with Gasteiger partial charge < -0.3 is 9.80 Å². The summed E-state index contributed by atoms with van der Waals surface area (Å²) in [6.45, 7) is 3.23. The number of likely N-dealkylation sites (tertiary alicyclic amines) is 2. The SMILES string of the molecule is CN1CCCCC2(CCCN2C=O)C1. The van der Waals surface area contributed by atoms with Crippen molar-refractivity contribution in [2.24, 2.45) is 0 Å². The van der Waals surface area contributed by atoms with Crippen LogP contribution in [0.5, 0.6) is 0 Å². The molecule has 2 heterocycles. The molecule has 3 nitrogen and oxygen atoms in total. The lowest BCUT2D eigenvalue weighted by molar-refractivity contribution is -0.122. The molecule has 0 radical (unpaired) electrons. The monoisotopic (exact) mass is 196 g/mol. The van der Waals surface area contributed by atoms with Gasteiger partial charge >= 0.3 is 0 Å². The van der Waals surface area contributed by atoms with Crippen molar-refractivity contribution in [3.05, 3.63) is 0 Å². The molecule has 2 rings (SSSR count). The summed E-state index contributed by atoms with van der Waals surface area (Å²) < 4.78 is 0. The minimum Gasteiger partial charge on any atom is -0.338 e. The maximum atomic E-state index is 11.0. The number of carbonyl (C=O) groups is 1. The third kappa shape index (κ3) is 1.65. The lowest BCUT2D eigenvalue weighted by Crippen LogP contribution is -2.49. The largest absolute Gasteiger partial charge is 0.338 e. The summed E-state index contributed by atoms with van der Waals surface area (Å²) in [5.41, 5.74) is 0.188. The summed E-state index contributed by atoms with van der Waals surface area (Å²) in [5, 5.41) is 0. The Morgan fingerprint density at radius 2 is 1.93 bits per heavy atom. The minimum absolute atomic E-state index is 0.188. The van der Waals surface area contributed by atoms with Crippen molar-refractivity contribution in [3.8, 4) is 0 Å². The Labute approximate surface area is 86.1 Å². The normalized spacial score (nSPS) is 34.8. The van der Waals surface area contributed by atoms with Gasteiger partial charge in [-0.05, 0) is 45.7 Å². The van der Waals surface area contributed by atoms with Crippen LogP contribution < -0.4 is 0 Å². The van der Waals surface area contributed by atoms with Crippen molar-refractivity contribution >= 4 is 6.41 Å². The first kappa shape index (κ1) is 9.97. The van der Waals surface area contributed by atoms with Gasteiger partial charge in [-0.1, -0.05) is 0 Å². The second kappa shape index (κ2) is 3.89. The van der Waals surface area contributed by atoms with Gasteiger partial charge in [0.2, 0.25) is 6.41 Å². The number of likely N-dealkylation sites (N-methyl/N-ethyl adjacent to an activating group) is 1. The maximum absolute atomic E-state index is 11.0. The highest BCUT2D eigenvalue weighted by Gasteiger charge is 2.41. The molecule has 0 aromatic carbocycles. The molecule has 0 saturated carbocycles. The highest BCUT2D eigenvalue weighted by molar-refractivity contribution is 5.50. The molecule has 2 saturated heterocycles. The topological polar surface area (TPSA) is 23.6 Å². The van der Waals surface area contributed by atoms with Crippen LogP contribution in [-0.4, -0.2) is 48.4 Å². The third-order valence-corrected chi connectivity index (χ3v) is 3.77. The van der Waals surface area contributed by atoms with Gasteiger partial charge in [-0.2, -0.15) is 0 Å². The molecule has 0 bridgehead atoms. The van der Waals surface area contributed by atoms with Crippen LogP contribution in [0.3, 0.4) is 0 Å². The summed E-state index contributed by atoms with van der Waals surface area (Å²) in [4.78, 5) is 15.4. The predicted molar refractivity (Wildman–Crippen MR) is 56.1 cm³/mol. The molecule has 2 fully saturated rings. The fraction of sp³-hybridized carbons (Fsp3) is 0.909. The first-order valence-electron chi connectivity index (χ1n) is 5.67. The van der Waals surface area contributed by atoms with Gasteiger partial charge in [0.15, 0.2) is 0 Å². The van der Waals surface area contributed by atoms with E-state index in [1.54, 1.807) is 0 Å². The Kier molecular flexibility index (Phi) is 2.77. The highest BCUT2D eigenvalue weighted by Crippen LogP contribution is 2.35. The fourth-order valence-electron chi connectivity index (χ4n) is 3.06. The molecule has 1 amide bonds. The Hall–Kier alpha value is -0.570. The molecule has 1 spiro atoms. The summed E-state index contributed by atoms with van der Waals surface area (Å²) in [5.74, 6) is 0. The van der Waals surface area contributed by atoms with Crippen LogP contribution >= 0.6 is 0 Å². The van der Waals surface area contributed by atoms with Crippen LogP contribution in [-0.2, 0) is 4.79 Å². The van der Waals surface area contributed by atoms with Gasteiger partial charge in [0, 0.05) is 13.1 Å². The zero-order valence-electron chi connectivity index (χ0n) is 9.04. The second-order valence-electron chi connectivity index (χ2n) is 4.82. The van der Waals surface area contributed by atoms with E-state index in [2.05, 4.69) is 16.8 Å². The highest BCUT2D eigenvalue weighted by atomic mass is 16.1. The van der Waals surface area contributed by atoms with Crippen LogP contribution in [0.15, 0.2) is 0 Å². The van der Waals surface area contributed by atoms with Gasteiger partial charge in [-0.15, -0.1) is 0 Å². The lowest BCUT2D eigenvalue weighted by atomic mass is 9.91. The van der Waals surface area contributed by atoms with Gasteiger partial charge in [-0.25, -0.2) is 0 Å². The van der Waals surface area contributed by atoms with E-state index in [0.717, 1.165) is 19.5 Å². The van der Waals surface area contributed by atoms with Crippen LogP contribution in [0.25, 0.3) is 0 Å². The average Bonchev–Trinajstić information content (AvgIpc) is 2.45. The second-order valence-corrected chi connectivity index (χ2v) is 4.82. The molecule has 80 valence electrons. The van der Waals surface area contributed by atoms with Crippen LogP contribution in [0, 0.1) is 0 Å². The molecule has 2 aliphatic heterocycles. The summed E-state index contributed by atoms with van der Waals surface area (Å²) in [7, 11) is 2.17. The molecule has 0 aliphatic carbocycles. The number of rotatable bonds is 1. The molecule has 0 aromatic heterocycles. The lowest BCUT2D eigenvalue weighted by Gasteiger charge is -2.37. The third-order valence-electron chi connectivity index (χ3n) is 3.77. The fourth-order valence-corrected chi connectivity index (χ4v) is 3.06. The molecule has 1 atom stereocenters. The zero-order valence-corrected chi connectivity index (χ0v) is 9.04. The summed E-state index contributed by atoms with van der Waals surface area (Å²) in [6, 6.07) is 0. The number of hydrogen-bond donors (Lipinski definition) is 0. The average molecular weight is 196 g/mol. The van der Waals surface area contributed by atoms with Gasteiger partial charge in [0.25, 0.3) is 0 Å². The Bertz CT molecular complexity index is 219.